The third-order valence-corrected chi connectivity index (χ3v) is 3.84. The van der Waals surface area contributed by atoms with E-state index in [0.717, 1.165) is 21.6 Å². The molecule has 2 aliphatic rings. The molecule has 0 amide bonds. The lowest BCUT2D eigenvalue weighted by Crippen LogP contribution is -2.12. The molecule has 20 heavy (non-hydrogen) atoms. The number of hydrogen-bond donors (Lipinski definition) is 2. The summed E-state index contributed by atoms with van der Waals surface area (Å²) in [4.78, 5) is 0. The second-order valence-corrected chi connectivity index (χ2v) is 4.98. The number of fused-ring (bicyclic) bond motifs is 2. The van der Waals surface area contributed by atoms with Crippen molar-refractivity contribution in [2.75, 3.05) is 0 Å². The second-order valence-electron chi connectivity index (χ2n) is 4.98. The molecule has 4 rings (SSSR count). The molecular formula is C18H12O2. The number of allylic oxidation sites excluding steroid dienone is 2. The summed E-state index contributed by atoms with van der Waals surface area (Å²) in [5.41, 5.74) is 2.11. The van der Waals surface area contributed by atoms with Gasteiger partial charge in [-0.05, 0) is 33.7 Å². The molecule has 0 bridgehead atoms. The Morgan fingerprint density at radius 2 is 1.05 bits per heavy atom. The van der Waals surface area contributed by atoms with Crippen LogP contribution in [0.5, 0.6) is 11.5 Å². The maximum atomic E-state index is 10.3. The van der Waals surface area contributed by atoms with Gasteiger partial charge in [-0.2, -0.15) is 0 Å². The Bertz CT molecular complexity index is 925. The van der Waals surface area contributed by atoms with Crippen LogP contribution in [0.15, 0.2) is 36.4 Å². The zero-order valence-corrected chi connectivity index (χ0v) is 10.7. The summed E-state index contributed by atoms with van der Waals surface area (Å²) >= 11 is 0. The monoisotopic (exact) mass is 260 g/mol. The zero-order valence-electron chi connectivity index (χ0n) is 10.7. The predicted octanol–water partition coefficient (Wildman–Crippen LogP) is 2.00. The van der Waals surface area contributed by atoms with Crippen LogP contribution in [0.4, 0.5) is 0 Å². The Hall–Kier alpha value is -2.74. The lowest BCUT2D eigenvalue weighted by Gasteiger charge is -2.02. The largest absolute Gasteiger partial charge is 0.507 e. The average Bonchev–Trinajstić information content (AvgIpc) is 3.08. The second kappa shape index (κ2) is 3.87. The molecular weight excluding hydrogens is 248 g/mol. The highest BCUT2D eigenvalue weighted by molar-refractivity contribution is 5.70. The van der Waals surface area contributed by atoms with Crippen LogP contribution >= 0.6 is 0 Å². The van der Waals surface area contributed by atoms with Crippen LogP contribution in [0.25, 0.3) is 24.3 Å². The fraction of sp³-hybridized carbons (Fsp3) is 0. The van der Waals surface area contributed by atoms with Gasteiger partial charge in [-0.1, -0.05) is 48.6 Å². The van der Waals surface area contributed by atoms with Gasteiger partial charge in [0.05, 0.1) is 0 Å². The van der Waals surface area contributed by atoms with Crippen LogP contribution in [0.1, 0.15) is 11.1 Å². The molecule has 0 saturated heterocycles. The van der Waals surface area contributed by atoms with E-state index in [4.69, 9.17) is 0 Å². The summed E-state index contributed by atoms with van der Waals surface area (Å²) in [6, 6.07) is 7.13. The van der Waals surface area contributed by atoms with Gasteiger partial charge in [0.25, 0.3) is 0 Å². The van der Waals surface area contributed by atoms with E-state index in [2.05, 4.69) is 0 Å². The van der Waals surface area contributed by atoms with Gasteiger partial charge in [0.1, 0.15) is 11.5 Å². The fourth-order valence-electron chi connectivity index (χ4n) is 2.92. The Balaban J connectivity index is 2.43. The van der Waals surface area contributed by atoms with Crippen LogP contribution in [0.2, 0.25) is 0 Å². The lowest BCUT2D eigenvalue weighted by atomic mass is 10.0. The van der Waals surface area contributed by atoms with E-state index < -0.39 is 0 Å². The summed E-state index contributed by atoms with van der Waals surface area (Å²) in [6.07, 6.45) is 11.8. The first-order valence-electron chi connectivity index (χ1n) is 6.51. The molecule has 2 nitrogen and oxygen atoms in total. The number of phenolic OH excluding ortho intramolecular Hbond substituents is 2. The van der Waals surface area contributed by atoms with Gasteiger partial charge >= 0.3 is 0 Å². The van der Waals surface area contributed by atoms with E-state index in [9.17, 15) is 10.2 Å². The Morgan fingerprint density at radius 3 is 1.50 bits per heavy atom. The summed E-state index contributed by atoms with van der Waals surface area (Å²) in [6.45, 7) is 0. The first-order valence-corrected chi connectivity index (χ1v) is 6.51. The molecule has 0 heterocycles. The minimum Gasteiger partial charge on any atom is -0.507 e. The standard InChI is InChI=1S/C18H12O2/c19-15-9-7-11-3-1-5-13(11)17(15)18-14-6-2-4-12(14)8-10-16(18)20/h1-10,19-20H. The van der Waals surface area contributed by atoms with E-state index in [1.807, 2.05) is 48.6 Å². The number of aromatic hydroxyl groups is 2. The first kappa shape index (κ1) is 11.1. The van der Waals surface area contributed by atoms with Gasteiger partial charge in [0.2, 0.25) is 0 Å². The van der Waals surface area contributed by atoms with Crippen molar-refractivity contribution in [1.82, 2.24) is 0 Å². The zero-order chi connectivity index (χ0) is 13.7. The van der Waals surface area contributed by atoms with Gasteiger partial charge < -0.3 is 10.2 Å². The van der Waals surface area contributed by atoms with E-state index in [0.29, 0.717) is 10.4 Å². The molecule has 2 aromatic carbocycles. The number of rotatable bonds is 0. The topological polar surface area (TPSA) is 40.5 Å². The summed E-state index contributed by atoms with van der Waals surface area (Å²) < 4.78 is 0. The van der Waals surface area contributed by atoms with Crippen molar-refractivity contribution in [2.24, 2.45) is 0 Å². The van der Waals surface area contributed by atoms with E-state index >= 15 is 0 Å². The smallest absolute Gasteiger partial charge is 0.124 e. The third-order valence-electron chi connectivity index (χ3n) is 3.84. The minimum absolute atomic E-state index is 0.188. The van der Waals surface area contributed by atoms with Crippen molar-refractivity contribution >= 4 is 24.3 Å². The van der Waals surface area contributed by atoms with Gasteiger partial charge in [-0.25, -0.2) is 0 Å². The molecule has 0 atom stereocenters. The molecule has 0 radical (unpaired) electrons. The van der Waals surface area contributed by atoms with Crippen molar-refractivity contribution in [3.63, 3.8) is 0 Å². The van der Waals surface area contributed by atoms with E-state index in [-0.39, 0.29) is 11.5 Å². The maximum absolute atomic E-state index is 10.3. The summed E-state index contributed by atoms with van der Waals surface area (Å²) in [7, 11) is 0. The average molecular weight is 260 g/mol. The van der Waals surface area contributed by atoms with Gasteiger partial charge in [-0.3, -0.25) is 0 Å². The molecule has 0 aliphatic heterocycles. The lowest BCUT2D eigenvalue weighted by molar-refractivity contribution is 0.461. The molecule has 0 unspecified atom stereocenters. The van der Waals surface area contributed by atoms with Crippen molar-refractivity contribution in [3.05, 3.63) is 68.4 Å². The molecule has 0 spiro atoms. The predicted molar refractivity (Wildman–Crippen MR) is 80.1 cm³/mol. The van der Waals surface area contributed by atoms with Crippen molar-refractivity contribution in [1.29, 1.82) is 0 Å². The van der Waals surface area contributed by atoms with Gasteiger partial charge in [-0.15, -0.1) is 0 Å². The Kier molecular flexibility index (Phi) is 2.15. The van der Waals surface area contributed by atoms with E-state index in [1.165, 1.54) is 0 Å². The SMILES string of the molecule is Oc1ccc2c(c1=c1c(O)ccc3c1=CC=C3)=CC=C2. The number of benzene rings is 2. The van der Waals surface area contributed by atoms with Crippen LogP contribution < -0.4 is 10.4 Å². The Morgan fingerprint density at radius 1 is 0.600 bits per heavy atom. The Labute approximate surface area is 115 Å². The van der Waals surface area contributed by atoms with Gasteiger partial charge in [0, 0.05) is 10.4 Å². The van der Waals surface area contributed by atoms with Crippen LogP contribution in [-0.2, 0) is 0 Å². The molecule has 0 saturated carbocycles. The maximum Gasteiger partial charge on any atom is 0.124 e. The molecule has 96 valence electrons. The van der Waals surface area contributed by atoms with Crippen LogP contribution in [-0.4, -0.2) is 10.2 Å². The minimum atomic E-state index is 0.188. The molecule has 2 heteroatoms. The fourth-order valence-corrected chi connectivity index (χ4v) is 2.92. The summed E-state index contributed by atoms with van der Waals surface area (Å²) in [5.74, 6) is 0.375. The molecule has 2 aromatic rings. The normalized spacial score (nSPS) is 15.6. The third kappa shape index (κ3) is 1.39. The molecule has 2 aliphatic carbocycles. The highest BCUT2D eigenvalue weighted by atomic mass is 16.3. The highest BCUT2D eigenvalue weighted by Gasteiger charge is 2.08. The number of hydrogen-bond acceptors (Lipinski definition) is 2. The van der Waals surface area contributed by atoms with Crippen LogP contribution in [0, 0.1) is 10.4 Å². The van der Waals surface area contributed by atoms with Crippen molar-refractivity contribution in [3.8, 4) is 11.5 Å². The molecule has 0 fully saturated rings. The van der Waals surface area contributed by atoms with Gasteiger partial charge in [0.15, 0.2) is 0 Å². The molecule has 0 aromatic heterocycles. The quantitative estimate of drug-likeness (QED) is 0.760. The first-order chi connectivity index (χ1) is 9.75. The highest BCUT2D eigenvalue weighted by Crippen LogP contribution is 2.18. The summed E-state index contributed by atoms with van der Waals surface area (Å²) in [5, 5.41) is 23.9. The van der Waals surface area contributed by atoms with Crippen molar-refractivity contribution in [2.45, 2.75) is 0 Å². The van der Waals surface area contributed by atoms with Crippen molar-refractivity contribution < 1.29 is 10.2 Å². The van der Waals surface area contributed by atoms with Crippen LogP contribution in [0.3, 0.4) is 0 Å². The van der Waals surface area contributed by atoms with E-state index in [1.54, 1.807) is 12.1 Å². The molecule has 2 N–H and O–H groups in total. The number of phenols is 2.